The van der Waals surface area contributed by atoms with Crippen LogP contribution in [0.3, 0.4) is 0 Å². The summed E-state index contributed by atoms with van der Waals surface area (Å²) >= 11 is 0. The lowest BCUT2D eigenvalue weighted by atomic mass is 9.74. The lowest BCUT2D eigenvalue weighted by molar-refractivity contribution is -0.00969. The van der Waals surface area contributed by atoms with Gasteiger partial charge in [0.15, 0.2) is 0 Å². The van der Waals surface area contributed by atoms with E-state index in [0.717, 1.165) is 17.9 Å². The molecule has 3 atom stereocenters. The van der Waals surface area contributed by atoms with Crippen molar-refractivity contribution < 1.29 is 0 Å². The predicted molar refractivity (Wildman–Crippen MR) is 69.7 cm³/mol. The molecule has 2 bridgehead atoms. The number of hydrogen-bond acceptors (Lipinski definition) is 2. The number of piperidine rings is 3. The zero-order valence-electron chi connectivity index (χ0n) is 10.8. The molecule has 94 valence electrons. The highest BCUT2D eigenvalue weighted by atomic mass is 15.2. The van der Waals surface area contributed by atoms with Crippen LogP contribution in [0, 0.1) is 11.8 Å². The van der Waals surface area contributed by atoms with Gasteiger partial charge in [0, 0.05) is 37.3 Å². The monoisotopic (exact) mass is 232 g/mol. The molecule has 0 aromatic rings. The van der Waals surface area contributed by atoms with Crippen LogP contribution in [0.1, 0.15) is 38.5 Å². The van der Waals surface area contributed by atoms with E-state index in [0.29, 0.717) is 0 Å². The second-order valence-corrected chi connectivity index (χ2v) is 6.47. The van der Waals surface area contributed by atoms with Gasteiger partial charge in [-0.05, 0) is 44.6 Å². The molecule has 0 radical (unpaired) electrons. The number of allylic oxidation sites excluding steroid dienone is 1. The van der Waals surface area contributed by atoms with Gasteiger partial charge in [0.1, 0.15) is 0 Å². The first kappa shape index (κ1) is 10.4. The molecule has 0 aliphatic carbocycles. The topological polar surface area (TPSA) is 6.48 Å². The third-order valence-electron chi connectivity index (χ3n) is 5.47. The molecule has 0 amide bonds. The van der Waals surface area contributed by atoms with Crippen LogP contribution in [0.5, 0.6) is 0 Å². The Kier molecular flexibility index (Phi) is 2.46. The highest BCUT2D eigenvalue weighted by Crippen LogP contribution is 2.42. The highest BCUT2D eigenvalue weighted by Gasteiger charge is 2.43. The van der Waals surface area contributed by atoms with E-state index < -0.39 is 0 Å². The Hall–Kier alpha value is -0.500. The van der Waals surface area contributed by atoms with Gasteiger partial charge in [-0.1, -0.05) is 12.5 Å². The standard InChI is InChI=1S/C15H24N2/c1-3-7-16-11-13-9-12(14(16)5-1)10-17-8-4-2-6-15(13)17/h5,12-13,15H,1-4,6-11H2/t12-,13-,15-/m0/s1. The van der Waals surface area contributed by atoms with Gasteiger partial charge in [0.25, 0.3) is 0 Å². The SMILES string of the molecule is C1=C2[C@H]3C[C@@H](CN2CCC1)[C@@H]1CCCCN1C3. The number of rotatable bonds is 0. The Morgan fingerprint density at radius 2 is 2.06 bits per heavy atom. The Morgan fingerprint density at radius 3 is 3.06 bits per heavy atom. The van der Waals surface area contributed by atoms with E-state index in [1.165, 1.54) is 64.7 Å². The molecule has 0 saturated carbocycles. The number of nitrogens with zero attached hydrogens (tertiary/aromatic N) is 2. The first-order valence-electron chi connectivity index (χ1n) is 7.61. The molecule has 0 spiro atoms. The van der Waals surface area contributed by atoms with Crippen molar-refractivity contribution in [2.75, 3.05) is 26.2 Å². The average Bonchev–Trinajstić information content (AvgIpc) is 2.39. The van der Waals surface area contributed by atoms with E-state index in [9.17, 15) is 0 Å². The fraction of sp³-hybridized carbons (Fsp3) is 0.867. The molecule has 0 N–H and O–H groups in total. The van der Waals surface area contributed by atoms with Crippen molar-refractivity contribution in [2.24, 2.45) is 11.8 Å². The second-order valence-electron chi connectivity index (χ2n) is 6.47. The van der Waals surface area contributed by atoms with E-state index >= 15 is 0 Å². The van der Waals surface area contributed by atoms with Crippen molar-refractivity contribution >= 4 is 0 Å². The smallest absolute Gasteiger partial charge is 0.0218 e. The minimum atomic E-state index is 0.878. The van der Waals surface area contributed by atoms with Gasteiger partial charge >= 0.3 is 0 Å². The van der Waals surface area contributed by atoms with Crippen LogP contribution < -0.4 is 0 Å². The maximum absolute atomic E-state index is 2.83. The van der Waals surface area contributed by atoms with Gasteiger partial charge in [-0.25, -0.2) is 0 Å². The summed E-state index contributed by atoms with van der Waals surface area (Å²) in [6.45, 7) is 5.45. The van der Waals surface area contributed by atoms with Gasteiger partial charge in [0.2, 0.25) is 0 Å². The van der Waals surface area contributed by atoms with E-state index in [1.54, 1.807) is 5.70 Å². The van der Waals surface area contributed by atoms with Crippen LogP contribution >= 0.6 is 0 Å². The molecular weight excluding hydrogens is 208 g/mol. The molecule has 0 unspecified atom stereocenters. The van der Waals surface area contributed by atoms with Gasteiger partial charge in [0.05, 0.1) is 0 Å². The lowest BCUT2D eigenvalue weighted by Crippen LogP contribution is -2.58. The predicted octanol–water partition coefficient (Wildman–Crippen LogP) is 2.47. The van der Waals surface area contributed by atoms with Crippen molar-refractivity contribution in [3.8, 4) is 0 Å². The molecule has 0 aromatic heterocycles. The molecule has 3 fully saturated rings. The van der Waals surface area contributed by atoms with Crippen molar-refractivity contribution in [1.29, 1.82) is 0 Å². The molecule has 17 heavy (non-hydrogen) atoms. The summed E-state index contributed by atoms with van der Waals surface area (Å²) in [5, 5.41) is 0. The number of fused-ring (bicyclic) bond motifs is 6. The third-order valence-corrected chi connectivity index (χ3v) is 5.47. The van der Waals surface area contributed by atoms with Crippen LogP contribution in [-0.4, -0.2) is 42.0 Å². The summed E-state index contributed by atoms with van der Waals surface area (Å²) in [5.74, 6) is 1.85. The number of hydrogen-bond donors (Lipinski definition) is 0. The largest absolute Gasteiger partial charge is 0.374 e. The Bertz CT molecular complexity index is 336. The third kappa shape index (κ3) is 1.64. The summed E-state index contributed by atoms with van der Waals surface area (Å²) in [7, 11) is 0. The first-order chi connectivity index (χ1) is 8.42. The van der Waals surface area contributed by atoms with E-state index in [2.05, 4.69) is 15.9 Å². The molecule has 4 rings (SSSR count). The second kappa shape index (κ2) is 4.01. The quantitative estimate of drug-likeness (QED) is 0.633. The van der Waals surface area contributed by atoms with Crippen molar-refractivity contribution in [3.63, 3.8) is 0 Å². The minimum absolute atomic E-state index is 0.878. The van der Waals surface area contributed by atoms with Crippen LogP contribution in [0.25, 0.3) is 0 Å². The highest BCUT2D eigenvalue weighted by molar-refractivity contribution is 5.16. The van der Waals surface area contributed by atoms with Crippen LogP contribution in [-0.2, 0) is 0 Å². The summed E-state index contributed by atoms with van der Waals surface area (Å²) in [5.41, 5.74) is 1.72. The summed E-state index contributed by atoms with van der Waals surface area (Å²) in [6.07, 6.45) is 11.2. The Morgan fingerprint density at radius 1 is 1.06 bits per heavy atom. The maximum atomic E-state index is 2.83. The Labute approximate surface area is 105 Å². The van der Waals surface area contributed by atoms with Crippen LogP contribution in [0.4, 0.5) is 0 Å². The minimum Gasteiger partial charge on any atom is -0.374 e. The van der Waals surface area contributed by atoms with Crippen molar-refractivity contribution in [2.45, 2.75) is 44.6 Å². The molecule has 3 saturated heterocycles. The van der Waals surface area contributed by atoms with Crippen molar-refractivity contribution in [3.05, 3.63) is 11.8 Å². The molecule has 4 heterocycles. The van der Waals surface area contributed by atoms with Gasteiger partial charge in [-0.15, -0.1) is 0 Å². The van der Waals surface area contributed by atoms with Crippen LogP contribution in [0.2, 0.25) is 0 Å². The lowest BCUT2D eigenvalue weighted by Gasteiger charge is -2.54. The van der Waals surface area contributed by atoms with Crippen molar-refractivity contribution in [1.82, 2.24) is 9.80 Å². The molecule has 4 aliphatic heterocycles. The zero-order chi connectivity index (χ0) is 11.2. The van der Waals surface area contributed by atoms with Gasteiger partial charge in [-0.3, -0.25) is 4.90 Å². The zero-order valence-corrected chi connectivity index (χ0v) is 10.8. The van der Waals surface area contributed by atoms with Gasteiger partial charge in [-0.2, -0.15) is 0 Å². The molecular formula is C15H24N2. The van der Waals surface area contributed by atoms with E-state index in [1.807, 2.05) is 0 Å². The van der Waals surface area contributed by atoms with Gasteiger partial charge < -0.3 is 4.90 Å². The molecule has 0 aromatic carbocycles. The van der Waals surface area contributed by atoms with Crippen LogP contribution in [0.15, 0.2) is 11.8 Å². The Balaban J connectivity index is 1.62. The maximum Gasteiger partial charge on any atom is 0.0218 e. The summed E-state index contributed by atoms with van der Waals surface area (Å²) < 4.78 is 0. The normalized spacial score (nSPS) is 41.5. The molecule has 2 heteroatoms. The average molecular weight is 232 g/mol. The summed E-state index contributed by atoms with van der Waals surface area (Å²) in [6, 6.07) is 0.934. The molecule has 2 nitrogen and oxygen atoms in total. The first-order valence-corrected chi connectivity index (χ1v) is 7.61. The van der Waals surface area contributed by atoms with E-state index in [4.69, 9.17) is 0 Å². The van der Waals surface area contributed by atoms with E-state index in [-0.39, 0.29) is 0 Å². The fourth-order valence-electron chi connectivity index (χ4n) is 4.76. The fourth-order valence-corrected chi connectivity index (χ4v) is 4.76. The molecule has 4 aliphatic rings. The summed E-state index contributed by atoms with van der Waals surface area (Å²) in [4.78, 5) is 5.56.